The molecule has 0 amide bonds. The minimum absolute atomic E-state index is 0.371. The molecule has 1 fully saturated rings. The van der Waals surface area contributed by atoms with E-state index in [1.807, 2.05) is 6.07 Å². The molecule has 14 heavy (non-hydrogen) atoms. The molecule has 0 unspecified atom stereocenters. The van der Waals surface area contributed by atoms with Crippen LogP contribution in [0.3, 0.4) is 0 Å². The van der Waals surface area contributed by atoms with Gasteiger partial charge in [-0.1, -0.05) is 11.6 Å². The Morgan fingerprint density at radius 2 is 2.00 bits per heavy atom. The van der Waals surface area contributed by atoms with Crippen molar-refractivity contribution in [3.05, 3.63) is 23.2 Å². The Labute approximate surface area is 89.0 Å². The lowest BCUT2D eigenvalue weighted by molar-refractivity contribution is 0.210. The zero-order chi connectivity index (χ0) is 9.97. The molecule has 76 valence electrons. The smallest absolute Gasteiger partial charge is 0.121 e. The van der Waals surface area contributed by atoms with E-state index in [1.54, 1.807) is 12.1 Å². The van der Waals surface area contributed by atoms with Crippen molar-refractivity contribution >= 4 is 17.3 Å². The van der Waals surface area contributed by atoms with Crippen LogP contribution in [0.5, 0.6) is 5.75 Å². The largest absolute Gasteiger partial charge is 0.490 e. The molecular formula is C11H14ClNO. The molecule has 2 nitrogen and oxygen atoms in total. The maximum atomic E-state index is 5.82. The van der Waals surface area contributed by atoms with Crippen LogP contribution in [-0.2, 0) is 0 Å². The summed E-state index contributed by atoms with van der Waals surface area (Å²) >= 11 is 5.82. The summed E-state index contributed by atoms with van der Waals surface area (Å²) in [7, 11) is 0. The predicted octanol–water partition coefficient (Wildman–Crippen LogP) is 3.24. The second kappa shape index (κ2) is 4.09. The molecule has 2 N–H and O–H groups in total. The van der Waals surface area contributed by atoms with Gasteiger partial charge < -0.3 is 10.5 Å². The van der Waals surface area contributed by atoms with Crippen molar-refractivity contribution in [1.82, 2.24) is 0 Å². The number of nitrogens with two attached hydrogens (primary N) is 1. The summed E-state index contributed by atoms with van der Waals surface area (Å²) in [5.41, 5.74) is 6.27. The van der Waals surface area contributed by atoms with Crippen LogP contribution in [0.1, 0.15) is 25.7 Å². The van der Waals surface area contributed by atoms with E-state index in [-0.39, 0.29) is 0 Å². The topological polar surface area (TPSA) is 35.2 Å². The molecule has 0 radical (unpaired) electrons. The van der Waals surface area contributed by atoms with Gasteiger partial charge in [-0.25, -0.2) is 0 Å². The highest BCUT2D eigenvalue weighted by Crippen LogP contribution is 2.28. The zero-order valence-electron chi connectivity index (χ0n) is 8.00. The zero-order valence-corrected chi connectivity index (χ0v) is 8.76. The number of anilines is 1. The lowest BCUT2D eigenvalue weighted by Crippen LogP contribution is -2.10. The standard InChI is InChI=1S/C11H14ClNO/c12-10-6-5-9(7-11(10)13)14-8-3-1-2-4-8/h5-8H,1-4,13H2. The van der Waals surface area contributed by atoms with Crippen molar-refractivity contribution in [3.8, 4) is 5.75 Å². The van der Waals surface area contributed by atoms with E-state index in [9.17, 15) is 0 Å². The Hall–Kier alpha value is -0.890. The van der Waals surface area contributed by atoms with E-state index in [0.29, 0.717) is 16.8 Å². The van der Waals surface area contributed by atoms with E-state index in [0.717, 1.165) is 18.6 Å². The molecule has 1 aliphatic carbocycles. The highest BCUT2D eigenvalue weighted by Gasteiger charge is 2.16. The van der Waals surface area contributed by atoms with E-state index >= 15 is 0 Å². The second-order valence-electron chi connectivity index (χ2n) is 3.71. The normalized spacial score (nSPS) is 17.2. The average molecular weight is 212 g/mol. The van der Waals surface area contributed by atoms with Gasteiger partial charge in [0.2, 0.25) is 0 Å². The summed E-state index contributed by atoms with van der Waals surface area (Å²) in [6, 6.07) is 5.44. The van der Waals surface area contributed by atoms with Gasteiger partial charge in [-0.15, -0.1) is 0 Å². The third-order valence-electron chi connectivity index (χ3n) is 2.57. The van der Waals surface area contributed by atoms with Gasteiger partial charge in [0.1, 0.15) is 5.75 Å². The number of hydrogen-bond donors (Lipinski definition) is 1. The van der Waals surface area contributed by atoms with Gasteiger partial charge in [0, 0.05) is 6.07 Å². The quantitative estimate of drug-likeness (QED) is 0.763. The minimum Gasteiger partial charge on any atom is -0.490 e. The van der Waals surface area contributed by atoms with Crippen molar-refractivity contribution in [2.75, 3.05) is 5.73 Å². The summed E-state index contributed by atoms with van der Waals surface area (Å²) in [4.78, 5) is 0. The van der Waals surface area contributed by atoms with E-state index < -0.39 is 0 Å². The van der Waals surface area contributed by atoms with Crippen LogP contribution in [0.4, 0.5) is 5.69 Å². The molecule has 1 aromatic carbocycles. The van der Waals surface area contributed by atoms with Crippen LogP contribution >= 0.6 is 11.6 Å². The van der Waals surface area contributed by atoms with Gasteiger partial charge >= 0.3 is 0 Å². The summed E-state index contributed by atoms with van der Waals surface area (Å²) in [5, 5.41) is 0.587. The lowest BCUT2D eigenvalue weighted by Gasteiger charge is -2.13. The van der Waals surface area contributed by atoms with Crippen molar-refractivity contribution in [2.45, 2.75) is 31.8 Å². The van der Waals surface area contributed by atoms with E-state index in [1.165, 1.54) is 12.8 Å². The molecule has 0 atom stereocenters. The molecular weight excluding hydrogens is 198 g/mol. The molecule has 0 heterocycles. The Morgan fingerprint density at radius 3 is 2.64 bits per heavy atom. The third kappa shape index (κ3) is 2.13. The van der Waals surface area contributed by atoms with Gasteiger partial charge in [0.25, 0.3) is 0 Å². The van der Waals surface area contributed by atoms with Crippen LogP contribution in [0.2, 0.25) is 5.02 Å². The monoisotopic (exact) mass is 211 g/mol. The fourth-order valence-corrected chi connectivity index (χ4v) is 1.91. The van der Waals surface area contributed by atoms with Crippen molar-refractivity contribution < 1.29 is 4.74 Å². The Bertz CT molecular complexity index is 321. The molecule has 0 spiro atoms. The highest BCUT2D eigenvalue weighted by atomic mass is 35.5. The van der Waals surface area contributed by atoms with Crippen LogP contribution < -0.4 is 10.5 Å². The molecule has 1 aliphatic rings. The molecule has 0 aliphatic heterocycles. The van der Waals surface area contributed by atoms with E-state index in [2.05, 4.69) is 0 Å². The van der Waals surface area contributed by atoms with Crippen LogP contribution in [0.15, 0.2) is 18.2 Å². The first-order chi connectivity index (χ1) is 6.75. The van der Waals surface area contributed by atoms with Gasteiger partial charge in [-0.05, 0) is 37.8 Å². The van der Waals surface area contributed by atoms with Gasteiger partial charge in [-0.2, -0.15) is 0 Å². The first-order valence-corrected chi connectivity index (χ1v) is 5.35. The molecule has 1 saturated carbocycles. The Morgan fingerprint density at radius 1 is 1.29 bits per heavy atom. The van der Waals surface area contributed by atoms with Crippen molar-refractivity contribution in [2.24, 2.45) is 0 Å². The molecule has 2 rings (SSSR count). The van der Waals surface area contributed by atoms with Crippen LogP contribution in [0.25, 0.3) is 0 Å². The molecule has 0 saturated heterocycles. The second-order valence-corrected chi connectivity index (χ2v) is 4.11. The predicted molar refractivity (Wildman–Crippen MR) is 58.7 cm³/mol. The number of halogens is 1. The summed E-state index contributed by atoms with van der Waals surface area (Å²) < 4.78 is 5.77. The fraction of sp³-hybridized carbons (Fsp3) is 0.455. The number of hydrogen-bond acceptors (Lipinski definition) is 2. The van der Waals surface area contributed by atoms with Gasteiger partial charge in [0.15, 0.2) is 0 Å². The molecule has 0 bridgehead atoms. The maximum absolute atomic E-state index is 5.82. The lowest BCUT2D eigenvalue weighted by atomic mass is 10.3. The number of nitrogen functional groups attached to an aromatic ring is 1. The minimum atomic E-state index is 0.371. The fourth-order valence-electron chi connectivity index (χ4n) is 1.79. The van der Waals surface area contributed by atoms with Crippen molar-refractivity contribution in [3.63, 3.8) is 0 Å². The molecule has 3 heteroatoms. The third-order valence-corrected chi connectivity index (χ3v) is 2.92. The Balaban J connectivity index is 2.05. The average Bonchev–Trinajstić information content (AvgIpc) is 2.64. The summed E-state index contributed by atoms with van der Waals surface area (Å²) in [6.07, 6.45) is 5.22. The highest BCUT2D eigenvalue weighted by molar-refractivity contribution is 6.33. The van der Waals surface area contributed by atoms with Crippen LogP contribution in [0, 0.1) is 0 Å². The number of benzene rings is 1. The molecule has 1 aromatic rings. The van der Waals surface area contributed by atoms with Gasteiger partial charge in [-0.3, -0.25) is 0 Å². The number of rotatable bonds is 2. The van der Waals surface area contributed by atoms with Gasteiger partial charge in [0.05, 0.1) is 16.8 Å². The Kier molecular flexibility index (Phi) is 2.82. The number of ether oxygens (including phenoxy) is 1. The maximum Gasteiger partial charge on any atom is 0.121 e. The molecule has 0 aromatic heterocycles. The summed E-state index contributed by atoms with van der Waals surface area (Å²) in [5.74, 6) is 0.832. The first kappa shape index (κ1) is 9.66. The van der Waals surface area contributed by atoms with Crippen LogP contribution in [-0.4, -0.2) is 6.10 Å². The summed E-state index contributed by atoms with van der Waals surface area (Å²) in [6.45, 7) is 0. The first-order valence-electron chi connectivity index (χ1n) is 4.97. The SMILES string of the molecule is Nc1cc(OC2CCCC2)ccc1Cl. The van der Waals surface area contributed by atoms with Crippen molar-refractivity contribution in [1.29, 1.82) is 0 Å². The van der Waals surface area contributed by atoms with E-state index in [4.69, 9.17) is 22.1 Å².